The van der Waals surface area contributed by atoms with Crippen molar-refractivity contribution in [2.24, 2.45) is 0 Å². The van der Waals surface area contributed by atoms with E-state index >= 15 is 0 Å². The molecule has 0 unspecified atom stereocenters. The molecule has 0 saturated heterocycles. The molecule has 2 aromatic carbocycles. The molecule has 3 rings (SSSR count). The van der Waals surface area contributed by atoms with Gasteiger partial charge < -0.3 is 9.73 Å². The average molecular weight is 438 g/mol. The molecule has 0 fully saturated rings. The summed E-state index contributed by atoms with van der Waals surface area (Å²) in [5.41, 5.74) is 1.19. The second-order valence-electron chi connectivity index (χ2n) is 5.81. The second-order valence-corrected chi connectivity index (χ2v) is 6.53. The number of amides is 1. The zero-order valence-electron chi connectivity index (χ0n) is 14.2. The monoisotopic (exact) mass is 437 g/mol. The zero-order valence-corrected chi connectivity index (χ0v) is 15.8. The molecule has 0 bridgehead atoms. The first-order valence-electron chi connectivity index (χ1n) is 8.16. The summed E-state index contributed by atoms with van der Waals surface area (Å²) in [5.74, 6) is -0.164. The van der Waals surface area contributed by atoms with Gasteiger partial charge in [-0.15, -0.1) is 0 Å². The van der Waals surface area contributed by atoms with E-state index in [4.69, 9.17) is 4.42 Å². The number of anilines is 1. The molecule has 0 aliphatic heterocycles. The van der Waals surface area contributed by atoms with E-state index in [1.54, 1.807) is 24.3 Å². The van der Waals surface area contributed by atoms with Gasteiger partial charge in [0.05, 0.1) is 11.1 Å². The van der Waals surface area contributed by atoms with E-state index in [1.807, 2.05) is 13.0 Å². The maximum Gasteiger partial charge on any atom is 0.416 e. The van der Waals surface area contributed by atoms with Crippen LogP contribution >= 0.6 is 15.9 Å². The maximum atomic E-state index is 12.9. The van der Waals surface area contributed by atoms with Gasteiger partial charge in [-0.2, -0.15) is 13.2 Å². The summed E-state index contributed by atoms with van der Waals surface area (Å²) in [7, 11) is 0. The Morgan fingerprint density at radius 2 is 1.70 bits per heavy atom. The summed E-state index contributed by atoms with van der Waals surface area (Å²) in [6.07, 6.45) is -3.91. The molecule has 1 amide bonds. The molecule has 0 saturated carbocycles. The van der Waals surface area contributed by atoms with Gasteiger partial charge in [-0.1, -0.05) is 37.3 Å². The van der Waals surface area contributed by atoms with Crippen LogP contribution in [0.5, 0.6) is 0 Å². The van der Waals surface area contributed by atoms with E-state index in [0.717, 1.165) is 12.1 Å². The number of hydrogen-bond donors (Lipinski definition) is 1. The van der Waals surface area contributed by atoms with Crippen LogP contribution in [-0.4, -0.2) is 5.91 Å². The van der Waals surface area contributed by atoms with Crippen molar-refractivity contribution in [1.29, 1.82) is 0 Å². The topological polar surface area (TPSA) is 42.2 Å². The van der Waals surface area contributed by atoms with Crippen molar-refractivity contribution in [2.45, 2.75) is 19.5 Å². The lowest BCUT2D eigenvalue weighted by Crippen LogP contribution is -2.14. The highest BCUT2D eigenvalue weighted by molar-refractivity contribution is 9.10. The van der Waals surface area contributed by atoms with Crippen molar-refractivity contribution in [3.05, 3.63) is 76.0 Å². The first kappa shape index (κ1) is 19.2. The smallest absolute Gasteiger partial charge is 0.416 e. The summed E-state index contributed by atoms with van der Waals surface area (Å²) in [6.45, 7) is 1.87. The molecule has 0 radical (unpaired) electrons. The van der Waals surface area contributed by atoms with E-state index in [0.29, 0.717) is 33.5 Å². The van der Waals surface area contributed by atoms with Crippen LogP contribution < -0.4 is 5.32 Å². The van der Waals surface area contributed by atoms with E-state index in [9.17, 15) is 18.0 Å². The van der Waals surface area contributed by atoms with Crippen molar-refractivity contribution in [3.63, 3.8) is 0 Å². The molecule has 1 N–H and O–H groups in total. The number of furan rings is 1. The summed E-state index contributed by atoms with van der Waals surface area (Å²) < 4.78 is 44.5. The number of carbonyl (C=O) groups excluding carboxylic acids is 1. The van der Waals surface area contributed by atoms with Gasteiger partial charge in [0.15, 0.2) is 4.67 Å². The van der Waals surface area contributed by atoms with Crippen molar-refractivity contribution >= 4 is 27.5 Å². The lowest BCUT2D eigenvalue weighted by Gasteiger charge is -2.09. The van der Waals surface area contributed by atoms with Crippen LogP contribution in [0.4, 0.5) is 18.9 Å². The fraction of sp³-hybridized carbons (Fsp3) is 0.150. The van der Waals surface area contributed by atoms with Crippen molar-refractivity contribution in [1.82, 2.24) is 0 Å². The third-order valence-electron chi connectivity index (χ3n) is 4.04. The molecule has 1 aromatic heterocycles. The molecule has 0 spiro atoms. The van der Waals surface area contributed by atoms with Crippen LogP contribution in [0, 0.1) is 0 Å². The minimum atomic E-state index is -4.43. The van der Waals surface area contributed by atoms with Gasteiger partial charge in [0, 0.05) is 16.8 Å². The minimum absolute atomic E-state index is 0.223. The number of rotatable bonds is 4. The Bertz CT molecular complexity index is 948. The quantitative estimate of drug-likeness (QED) is 0.503. The van der Waals surface area contributed by atoms with Crippen LogP contribution in [0.15, 0.2) is 63.7 Å². The highest BCUT2D eigenvalue weighted by Gasteiger charge is 2.31. The Morgan fingerprint density at radius 1 is 1.07 bits per heavy atom. The Labute approximate surface area is 162 Å². The highest BCUT2D eigenvalue weighted by Crippen LogP contribution is 2.37. The molecular formula is C20H15BrF3NO2. The highest BCUT2D eigenvalue weighted by atomic mass is 79.9. The van der Waals surface area contributed by atoms with Crippen LogP contribution in [0.1, 0.15) is 28.4 Å². The SMILES string of the molecule is CCc1c(Br)oc(-c2ccc(C(F)(F)F)cc2)c1C(=O)Nc1ccccc1. The number of carbonyl (C=O) groups is 1. The lowest BCUT2D eigenvalue weighted by molar-refractivity contribution is -0.137. The molecule has 0 atom stereocenters. The van der Waals surface area contributed by atoms with E-state index < -0.39 is 11.7 Å². The van der Waals surface area contributed by atoms with Gasteiger partial charge in [0.25, 0.3) is 5.91 Å². The van der Waals surface area contributed by atoms with Crippen LogP contribution in [-0.2, 0) is 12.6 Å². The van der Waals surface area contributed by atoms with Gasteiger partial charge in [0.2, 0.25) is 0 Å². The first-order valence-corrected chi connectivity index (χ1v) is 8.95. The average Bonchev–Trinajstić information content (AvgIpc) is 2.98. The van der Waals surface area contributed by atoms with Crippen molar-refractivity contribution in [2.75, 3.05) is 5.32 Å². The Kier molecular flexibility index (Phi) is 5.41. The van der Waals surface area contributed by atoms with Crippen LogP contribution in [0.25, 0.3) is 11.3 Å². The Morgan fingerprint density at radius 3 is 2.26 bits per heavy atom. The second kappa shape index (κ2) is 7.60. The van der Waals surface area contributed by atoms with E-state index in [-0.39, 0.29) is 11.7 Å². The van der Waals surface area contributed by atoms with Crippen LogP contribution in [0.3, 0.4) is 0 Å². The molecule has 140 valence electrons. The van der Waals surface area contributed by atoms with E-state index in [1.165, 1.54) is 12.1 Å². The van der Waals surface area contributed by atoms with E-state index in [2.05, 4.69) is 21.2 Å². The number of para-hydroxylation sites is 1. The third-order valence-corrected chi connectivity index (χ3v) is 4.68. The lowest BCUT2D eigenvalue weighted by atomic mass is 10.0. The van der Waals surface area contributed by atoms with Gasteiger partial charge in [-0.3, -0.25) is 4.79 Å². The fourth-order valence-corrected chi connectivity index (χ4v) is 3.36. The molecule has 3 nitrogen and oxygen atoms in total. The number of halogens is 4. The molecular weight excluding hydrogens is 423 g/mol. The van der Waals surface area contributed by atoms with Crippen LogP contribution in [0.2, 0.25) is 0 Å². The van der Waals surface area contributed by atoms with Gasteiger partial charge in [-0.05, 0) is 46.6 Å². The summed E-state index contributed by atoms with van der Waals surface area (Å²) in [6, 6.07) is 13.4. The predicted octanol–water partition coefficient (Wildman–Crippen LogP) is 6.54. The van der Waals surface area contributed by atoms with Gasteiger partial charge >= 0.3 is 6.18 Å². The largest absolute Gasteiger partial charge is 0.448 e. The summed E-state index contributed by atoms with van der Waals surface area (Å²) in [5, 5.41) is 2.79. The zero-order chi connectivity index (χ0) is 19.6. The Balaban J connectivity index is 2.02. The number of alkyl halides is 3. The number of benzene rings is 2. The summed E-state index contributed by atoms with van der Waals surface area (Å²) >= 11 is 3.30. The molecule has 0 aliphatic rings. The fourth-order valence-electron chi connectivity index (χ4n) is 2.72. The molecule has 7 heteroatoms. The molecule has 27 heavy (non-hydrogen) atoms. The first-order chi connectivity index (χ1) is 12.8. The minimum Gasteiger partial charge on any atom is -0.448 e. The molecule has 3 aromatic rings. The Hall–Kier alpha value is -2.54. The summed E-state index contributed by atoms with van der Waals surface area (Å²) in [4.78, 5) is 12.9. The van der Waals surface area contributed by atoms with Crippen molar-refractivity contribution < 1.29 is 22.4 Å². The third kappa shape index (κ3) is 4.08. The standard InChI is InChI=1S/C20H15BrF3NO2/c1-2-15-16(19(26)25-14-6-4-3-5-7-14)17(27-18(15)21)12-8-10-13(11-9-12)20(22,23)24/h3-11H,2H2,1H3,(H,25,26). The van der Waals surface area contributed by atoms with Gasteiger partial charge in [-0.25, -0.2) is 0 Å². The number of hydrogen-bond acceptors (Lipinski definition) is 2. The predicted molar refractivity (Wildman–Crippen MR) is 101 cm³/mol. The maximum absolute atomic E-state index is 12.9. The molecule has 0 aliphatic carbocycles. The molecule has 1 heterocycles. The number of nitrogens with one attached hydrogen (secondary N) is 1. The normalized spacial score (nSPS) is 11.4. The van der Waals surface area contributed by atoms with Crippen molar-refractivity contribution in [3.8, 4) is 11.3 Å². The van der Waals surface area contributed by atoms with Gasteiger partial charge in [0.1, 0.15) is 5.76 Å².